The molecule has 2 aromatic rings. The normalized spacial score (nSPS) is 23.3. The van der Waals surface area contributed by atoms with Crippen LogP contribution in [0.5, 0.6) is 0 Å². The Morgan fingerprint density at radius 3 is 2.27 bits per heavy atom. The highest BCUT2D eigenvalue weighted by atomic mass is 32.2. The number of rotatable bonds is 5. The number of nitrogens with zero attached hydrogens (tertiary/aromatic N) is 1. The molecule has 2 aliphatic heterocycles. The highest BCUT2D eigenvalue weighted by molar-refractivity contribution is 8.00. The number of benzene rings is 2. The van der Waals surface area contributed by atoms with E-state index in [-0.39, 0.29) is 11.8 Å². The number of hydrogen-bond acceptors (Lipinski definition) is 3. The third-order valence-corrected chi connectivity index (χ3v) is 7.87. The standard InChI is InChI=1S/C25H30N2O2S/c1-16(2)19-11-8-12-20(17(3)4)23(19)26-24(29)21-15-30-25(14-13-22(28)27(21)25)18-9-6-5-7-10-18/h5-12,16-17,21H,13-15H2,1-4H3,(H,26,29)/t21-,25+/m1/s1. The Morgan fingerprint density at radius 2 is 1.67 bits per heavy atom. The first-order chi connectivity index (χ1) is 14.3. The number of hydrogen-bond donors (Lipinski definition) is 1. The maximum Gasteiger partial charge on any atom is 0.248 e. The first-order valence-corrected chi connectivity index (χ1v) is 11.8. The van der Waals surface area contributed by atoms with E-state index in [1.54, 1.807) is 11.8 Å². The third-order valence-electron chi connectivity index (χ3n) is 6.28. The van der Waals surface area contributed by atoms with Gasteiger partial charge in [0.15, 0.2) is 0 Å². The molecule has 0 radical (unpaired) electrons. The lowest BCUT2D eigenvalue weighted by atomic mass is 9.92. The van der Waals surface area contributed by atoms with E-state index in [4.69, 9.17) is 0 Å². The molecule has 0 aliphatic carbocycles. The maximum atomic E-state index is 13.5. The third kappa shape index (κ3) is 3.43. The Labute approximate surface area is 183 Å². The van der Waals surface area contributed by atoms with E-state index in [1.165, 1.54) is 0 Å². The molecule has 2 saturated heterocycles. The fourth-order valence-electron chi connectivity index (χ4n) is 4.74. The van der Waals surface area contributed by atoms with Gasteiger partial charge in [-0.2, -0.15) is 0 Å². The van der Waals surface area contributed by atoms with Crippen LogP contribution in [0, 0.1) is 0 Å². The molecule has 5 heteroatoms. The van der Waals surface area contributed by atoms with Crippen LogP contribution < -0.4 is 5.32 Å². The largest absolute Gasteiger partial charge is 0.324 e. The number of para-hydroxylation sites is 1. The minimum absolute atomic E-state index is 0.0743. The van der Waals surface area contributed by atoms with E-state index < -0.39 is 10.9 Å². The molecule has 2 aromatic carbocycles. The predicted octanol–water partition coefficient (Wildman–Crippen LogP) is 5.46. The molecule has 4 rings (SSSR count). The molecule has 158 valence electrons. The molecule has 2 aliphatic rings. The van der Waals surface area contributed by atoms with Crippen molar-refractivity contribution in [2.75, 3.05) is 11.1 Å². The molecular weight excluding hydrogens is 392 g/mol. The Balaban J connectivity index is 1.67. The summed E-state index contributed by atoms with van der Waals surface area (Å²) in [6, 6.07) is 15.9. The van der Waals surface area contributed by atoms with Gasteiger partial charge in [0, 0.05) is 17.9 Å². The number of carbonyl (C=O) groups excluding carboxylic acids is 2. The van der Waals surface area contributed by atoms with E-state index >= 15 is 0 Å². The summed E-state index contributed by atoms with van der Waals surface area (Å²) in [4.78, 5) is 27.8. The van der Waals surface area contributed by atoms with Crippen LogP contribution >= 0.6 is 11.8 Å². The lowest BCUT2D eigenvalue weighted by Crippen LogP contribution is -2.48. The highest BCUT2D eigenvalue weighted by Gasteiger charge is 2.56. The minimum Gasteiger partial charge on any atom is -0.324 e. The SMILES string of the molecule is CC(C)c1cccc(C(C)C)c1NC(=O)[C@H]1CS[C@]2(c3ccccc3)CCC(=O)N12. The molecule has 0 aromatic heterocycles. The summed E-state index contributed by atoms with van der Waals surface area (Å²) in [5.74, 6) is 1.21. The van der Waals surface area contributed by atoms with Crippen LogP contribution in [0.1, 0.15) is 69.1 Å². The smallest absolute Gasteiger partial charge is 0.248 e. The molecule has 1 N–H and O–H groups in total. The van der Waals surface area contributed by atoms with Gasteiger partial charge in [-0.1, -0.05) is 76.2 Å². The molecule has 30 heavy (non-hydrogen) atoms. The monoisotopic (exact) mass is 422 g/mol. The number of anilines is 1. The zero-order chi connectivity index (χ0) is 21.5. The molecule has 0 unspecified atom stereocenters. The summed E-state index contributed by atoms with van der Waals surface area (Å²) in [5, 5.41) is 3.24. The Hall–Kier alpha value is -2.27. The van der Waals surface area contributed by atoms with Crippen LogP contribution in [0.25, 0.3) is 0 Å². The van der Waals surface area contributed by atoms with E-state index in [2.05, 4.69) is 63.3 Å². The van der Waals surface area contributed by atoms with Crippen LogP contribution in [-0.2, 0) is 14.5 Å². The van der Waals surface area contributed by atoms with Gasteiger partial charge in [-0.05, 0) is 34.9 Å². The van der Waals surface area contributed by atoms with Gasteiger partial charge < -0.3 is 10.2 Å². The minimum atomic E-state index is -0.453. The molecule has 2 heterocycles. The van der Waals surface area contributed by atoms with Gasteiger partial charge in [-0.3, -0.25) is 9.59 Å². The molecule has 0 bridgehead atoms. The van der Waals surface area contributed by atoms with Crippen molar-refractivity contribution >= 4 is 29.3 Å². The lowest BCUT2D eigenvalue weighted by Gasteiger charge is -2.34. The van der Waals surface area contributed by atoms with Crippen molar-refractivity contribution in [1.29, 1.82) is 0 Å². The van der Waals surface area contributed by atoms with Gasteiger partial charge in [0.25, 0.3) is 0 Å². The Morgan fingerprint density at radius 1 is 1.03 bits per heavy atom. The summed E-state index contributed by atoms with van der Waals surface area (Å²) >= 11 is 1.73. The van der Waals surface area contributed by atoms with Crippen LogP contribution in [0.3, 0.4) is 0 Å². The average Bonchev–Trinajstić information content (AvgIpc) is 3.28. The van der Waals surface area contributed by atoms with Gasteiger partial charge in [0.05, 0.1) is 0 Å². The number of nitrogens with one attached hydrogen (secondary N) is 1. The van der Waals surface area contributed by atoms with E-state index in [9.17, 15) is 9.59 Å². The number of thioether (sulfide) groups is 1. The zero-order valence-corrected chi connectivity index (χ0v) is 19.0. The number of carbonyl (C=O) groups is 2. The topological polar surface area (TPSA) is 49.4 Å². The fourth-order valence-corrected chi connectivity index (χ4v) is 6.39. The van der Waals surface area contributed by atoms with Crippen molar-refractivity contribution in [3.05, 3.63) is 65.2 Å². The van der Waals surface area contributed by atoms with Gasteiger partial charge in [-0.15, -0.1) is 11.8 Å². The molecule has 0 saturated carbocycles. The predicted molar refractivity (Wildman–Crippen MR) is 124 cm³/mol. The van der Waals surface area contributed by atoms with Crippen molar-refractivity contribution < 1.29 is 9.59 Å². The van der Waals surface area contributed by atoms with Crippen molar-refractivity contribution in [1.82, 2.24) is 4.90 Å². The van der Waals surface area contributed by atoms with Crippen LogP contribution in [0.2, 0.25) is 0 Å². The van der Waals surface area contributed by atoms with Crippen LogP contribution in [-0.4, -0.2) is 28.5 Å². The van der Waals surface area contributed by atoms with Gasteiger partial charge in [0.1, 0.15) is 10.9 Å². The second kappa shape index (κ2) is 8.10. The highest BCUT2D eigenvalue weighted by Crippen LogP contribution is 2.54. The maximum absolute atomic E-state index is 13.5. The van der Waals surface area contributed by atoms with Crippen molar-refractivity contribution in [3.63, 3.8) is 0 Å². The number of fused-ring (bicyclic) bond motifs is 1. The Bertz CT molecular complexity index is 931. The quantitative estimate of drug-likeness (QED) is 0.696. The van der Waals surface area contributed by atoms with Crippen LogP contribution in [0.4, 0.5) is 5.69 Å². The van der Waals surface area contributed by atoms with Crippen molar-refractivity contribution in [2.45, 2.75) is 63.3 Å². The van der Waals surface area contributed by atoms with Gasteiger partial charge in [0.2, 0.25) is 11.8 Å². The summed E-state index contributed by atoms with van der Waals surface area (Å²) in [6.07, 6.45) is 1.25. The molecule has 2 fully saturated rings. The van der Waals surface area contributed by atoms with Gasteiger partial charge >= 0.3 is 0 Å². The summed E-state index contributed by atoms with van der Waals surface area (Å²) in [5.41, 5.74) is 4.31. The van der Waals surface area contributed by atoms with Gasteiger partial charge in [-0.25, -0.2) is 0 Å². The second-order valence-electron chi connectivity index (χ2n) is 8.85. The molecule has 0 spiro atoms. The zero-order valence-electron chi connectivity index (χ0n) is 18.1. The Kier molecular flexibility index (Phi) is 5.67. The molecular formula is C25H30N2O2S. The average molecular weight is 423 g/mol. The van der Waals surface area contributed by atoms with E-state index in [0.717, 1.165) is 28.8 Å². The van der Waals surface area contributed by atoms with E-state index in [0.29, 0.717) is 24.0 Å². The molecule has 2 atom stereocenters. The number of amides is 2. The van der Waals surface area contributed by atoms with E-state index in [1.807, 2.05) is 23.1 Å². The summed E-state index contributed by atoms with van der Waals surface area (Å²) in [7, 11) is 0. The molecule has 4 nitrogen and oxygen atoms in total. The van der Waals surface area contributed by atoms with Crippen molar-refractivity contribution in [2.24, 2.45) is 0 Å². The lowest BCUT2D eigenvalue weighted by molar-refractivity contribution is -0.136. The van der Waals surface area contributed by atoms with Crippen LogP contribution in [0.15, 0.2) is 48.5 Å². The first-order valence-electron chi connectivity index (χ1n) is 10.8. The molecule has 2 amide bonds. The summed E-state index contributed by atoms with van der Waals surface area (Å²) < 4.78 is 0. The summed E-state index contributed by atoms with van der Waals surface area (Å²) in [6.45, 7) is 8.58. The first kappa shape index (κ1) is 21.0. The second-order valence-corrected chi connectivity index (χ2v) is 10.1. The fraction of sp³-hybridized carbons (Fsp3) is 0.440. The van der Waals surface area contributed by atoms with Crippen molar-refractivity contribution in [3.8, 4) is 0 Å².